The summed E-state index contributed by atoms with van der Waals surface area (Å²) >= 11 is 3.53. The number of aliphatic hydroxyl groups excluding tert-OH is 1. The fourth-order valence-electron chi connectivity index (χ4n) is 6.50. The summed E-state index contributed by atoms with van der Waals surface area (Å²) in [5.74, 6) is -1.26. The molecule has 0 radical (unpaired) electrons. The smallest absolute Gasteiger partial charge is 0.304 e. The first-order valence-electron chi connectivity index (χ1n) is 13.1. The molecule has 3 aliphatic rings. The molecule has 1 N–H and O–H groups in total. The summed E-state index contributed by atoms with van der Waals surface area (Å²) < 4.78 is 28.1. The van der Waals surface area contributed by atoms with Crippen LogP contribution in [0.5, 0.6) is 0 Å². The maximum Gasteiger partial charge on any atom is 0.304 e. The topological polar surface area (TPSA) is 96.4 Å². The summed E-state index contributed by atoms with van der Waals surface area (Å²) in [6, 6.07) is 12.8. The van der Waals surface area contributed by atoms with Gasteiger partial charge < -0.3 is 23.6 Å². The first-order chi connectivity index (χ1) is 18.4. The molecule has 11 heteroatoms. The number of hydrogen-bond donors (Lipinski definition) is 1. The van der Waals surface area contributed by atoms with Gasteiger partial charge >= 0.3 is 5.97 Å². The van der Waals surface area contributed by atoms with Gasteiger partial charge in [-0.1, -0.05) is 35.0 Å². The molecule has 2 fully saturated rings. The molecule has 2 saturated heterocycles. The van der Waals surface area contributed by atoms with Crippen molar-refractivity contribution in [2.45, 2.75) is 69.8 Å². The maximum absolute atomic E-state index is 15.6. The number of rotatable bonds is 7. The van der Waals surface area contributed by atoms with E-state index in [4.69, 9.17) is 9.47 Å². The van der Waals surface area contributed by atoms with Crippen molar-refractivity contribution in [3.8, 4) is 0 Å². The number of carbonyl (C=O) groups excluding carboxylic acids is 3. The van der Waals surface area contributed by atoms with Gasteiger partial charge in [-0.25, -0.2) is 0 Å². The lowest BCUT2D eigenvalue weighted by Gasteiger charge is -2.39. The van der Waals surface area contributed by atoms with E-state index in [0.717, 1.165) is 10.0 Å². The summed E-state index contributed by atoms with van der Waals surface area (Å²) in [7, 11) is -3.26. The average Bonchev–Trinajstić information content (AvgIpc) is 3.26. The summed E-state index contributed by atoms with van der Waals surface area (Å²) in [4.78, 5) is 40.9. The number of β-lactam (4-membered cyclic amide) rings is 1. The highest BCUT2D eigenvalue weighted by Gasteiger charge is 2.66. The fraction of sp³-hybridized carbons (Fsp3) is 0.464. The molecular formula is C28H32BrFN2O6Si. The number of hydrogen-bond acceptors (Lipinski definition) is 6. The highest BCUT2D eigenvalue weighted by atomic mass is 79.9. The third-order valence-corrected chi connectivity index (χ3v) is 11.0. The zero-order valence-electron chi connectivity index (χ0n) is 22.3. The zero-order chi connectivity index (χ0) is 28.3. The number of fused-ring (bicyclic) bond motifs is 2. The average molecular weight is 620 g/mol. The molecule has 0 aliphatic carbocycles. The zero-order valence-corrected chi connectivity index (χ0v) is 24.9. The third-order valence-electron chi connectivity index (χ3n) is 8.10. The Morgan fingerprint density at radius 3 is 2.51 bits per heavy atom. The molecule has 208 valence electrons. The van der Waals surface area contributed by atoms with Crippen molar-refractivity contribution in [3.05, 3.63) is 58.1 Å². The largest absolute Gasteiger partial charge is 0.441 e. The molecular weight excluding hydrogens is 587 g/mol. The van der Waals surface area contributed by atoms with Crippen molar-refractivity contribution in [3.63, 3.8) is 0 Å². The van der Waals surface area contributed by atoms with E-state index in [2.05, 4.69) is 15.9 Å². The van der Waals surface area contributed by atoms with Crippen LogP contribution < -0.4 is 9.80 Å². The van der Waals surface area contributed by atoms with Gasteiger partial charge in [0.2, 0.25) is 14.3 Å². The van der Waals surface area contributed by atoms with Crippen LogP contribution in [0.15, 0.2) is 46.9 Å². The van der Waals surface area contributed by atoms with Crippen LogP contribution in [0.4, 0.5) is 15.5 Å². The van der Waals surface area contributed by atoms with Gasteiger partial charge in [0.1, 0.15) is 0 Å². The van der Waals surface area contributed by atoms with Gasteiger partial charge in [-0.15, -0.1) is 0 Å². The Balaban J connectivity index is 1.46. The lowest BCUT2D eigenvalue weighted by Crippen LogP contribution is -2.54. The molecule has 3 heterocycles. The van der Waals surface area contributed by atoms with E-state index in [1.807, 2.05) is 37.3 Å². The highest BCUT2D eigenvalue weighted by Crippen LogP contribution is 2.60. The highest BCUT2D eigenvalue weighted by molar-refractivity contribution is 9.10. The second-order valence-electron chi connectivity index (χ2n) is 11.0. The summed E-state index contributed by atoms with van der Waals surface area (Å²) in [5.41, 5.74) is 1.02. The van der Waals surface area contributed by atoms with E-state index in [-0.39, 0.29) is 37.8 Å². The molecule has 2 amide bonds. The number of ether oxygens (including phenoxy) is 2. The lowest BCUT2D eigenvalue weighted by molar-refractivity contribution is -0.154. The summed E-state index contributed by atoms with van der Waals surface area (Å²) in [6.45, 7) is 6.56. The van der Waals surface area contributed by atoms with Crippen LogP contribution in [0.1, 0.15) is 37.8 Å². The normalized spacial score (nSPS) is 28.2. The summed E-state index contributed by atoms with van der Waals surface area (Å²) in [5, 5.41) is 9.70. The molecule has 39 heavy (non-hydrogen) atoms. The number of aliphatic hydroxyl groups is 1. The van der Waals surface area contributed by atoms with Crippen LogP contribution in [0.3, 0.4) is 0 Å². The van der Waals surface area contributed by atoms with Crippen molar-refractivity contribution in [1.29, 1.82) is 0 Å². The van der Waals surface area contributed by atoms with Crippen LogP contribution >= 0.6 is 15.9 Å². The Morgan fingerprint density at radius 1 is 1.23 bits per heavy atom. The molecule has 3 aliphatic heterocycles. The standard InChI is InChI=1S/C28H32BrFN2O6Si/c1-16-26(39(3,4)30)23(11-12-33)38-28(16)21-13-19(29)7-10-22(21)31(27(28)36)15-18-5-8-20(9-6-18)32-24(35)14-25(32)37-17(2)34/h5-10,13,16,23,25-26,33H,11-12,14-15H2,1-4H3/t16-,23+,25?,26-,28+/m0/s1. The number of amides is 2. The van der Waals surface area contributed by atoms with Crippen molar-refractivity contribution in [2.75, 3.05) is 16.4 Å². The molecule has 1 spiro atoms. The van der Waals surface area contributed by atoms with Gasteiger partial charge in [-0.2, -0.15) is 0 Å². The molecule has 5 rings (SSSR count). The predicted octanol–water partition coefficient (Wildman–Crippen LogP) is 4.78. The van der Waals surface area contributed by atoms with Crippen molar-refractivity contribution in [1.82, 2.24) is 0 Å². The van der Waals surface area contributed by atoms with Crippen molar-refractivity contribution < 1.29 is 33.1 Å². The monoisotopic (exact) mass is 618 g/mol. The first-order valence-corrected chi connectivity index (χ1v) is 16.8. The van der Waals surface area contributed by atoms with Gasteiger partial charge in [0.15, 0.2) is 11.8 Å². The van der Waals surface area contributed by atoms with Crippen LogP contribution in [0, 0.1) is 5.92 Å². The maximum atomic E-state index is 15.6. The Morgan fingerprint density at radius 2 is 1.92 bits per heavy atom. The predicted molar refractivity (Wildman–Crippen MR) is 149 cm³/mol. The van der Waals surface area contributed by atoms with E-state index in [9.17, 15) is 19.5 Å². The van der Waals surface area contributed by atoms with Crippen LogP contribution in [-0.2, 0) is 36.0 Å². The van der Waals surface area contributed by atoms with Gasteiger partial charge in [0.25, 0.3) is 5.91 Å². The number of nitrogens with zero attached hydrogens (tertiary/aromatic N) is 2. The molecule has 2 aromatic rings. The van der Waals surface area contributed by atoms with E-state index < -0.39 is 43.8 Å². The lowest BCUT2D eigenvalue weighted by atomic mass is 9.82. The number of anilines is 2. The quantitative estimate of drug-likeness (QED) is 0.208. The third kappa shape index (κ3) is 4.62. The molecule has 0 saturated carbocycles. The second-order valence-corrected chi connectivity index (χ2v) is 15.7. The van der Waals surface area contributed by atoms with E-state index in [0.29, 0.717) is 16.9 Å². The summed E-state index contributed by atoms with van der Waals surface area (Å²) in [6.07, 6.45) is -0.771. The Hall–Kier alpha value is -2.60. The molecule has 5 atom stereocenters. The Labute approximate surface area is 236 Å². The molecule has 0 bridgehead atoms. The SMILES string of the molecule is CC(=O)OC1CC(=O)N1c1ccc(CN2C(=O)[C@]3(O[C@H](CCO)[C@@H]([Si](C)(C)F)[C@@H]3C)c3cc(Br)ccc32)cc1. The molecule has 8 nitrogen and oxygen atoms in total. The van der Waals surface area contributed by atoms with Gasteiger partial charge in [-0.3, -0.25) is 19.3 Å². The minimum absolute atomic E-state index is 0.135. The van der Waals surface area contributed by atoms with Gasteiger partial charge in [0, 0.05) is 40.7 Å². The van der Waals surface area contributed by atoms with E-state index in [1.165, 1.54) is 11.8 Å². The van der Waals surface area contributed by atoms with Crippen molar-refractivity contribution in [2.24, 2.45) is 5.92 Å². The Kier molecular flexibility index (Phi) is 7.24. The first kappa shape index (κ1) is 27.9. The van der Waals surface area contributed by atoms with Gasteiger partial charge in [-0.05, 0) is 55.4 Å². The van der Waals surface area contributed by atoms with Crippen molar-refractivity contribution >= 4 is 53.5 Å². The van der Waals surface area contributed by atoms with Crippen LogP contribution in [-0.4, -0.2) is 50.2 Å². The molecule has 0 aromatic heterocycles. The van der Waals surface area contributed by atoms with E-state index >= 15 is 4.11 Å². The minimum atomic E-state index is -3.26. The number of halogens is 2. The number of carbonyl (C=O) groups is 3. The minimum Gasteiger partial charge on any atom is -0.441 e. The molecule has 2 aromatic carbocycles. The number of esters is 1. The van der Waals surface area contributed by atoms with Gasteiger partial charge in [0.05, 0.1) is 24.8 Å². The Bertz CT molecular complexity index is 1320. The van der Waals surface area contributed by atoms with E-state index in [1.54, 1.807) is 30.1 Å². The second kappa shape index (κ2) is 10.1. The van der Waals surface area contributed by atoms with Crippen LogP contribution in [0.25, 0.3) is 0 Å². The molecule has 1 unspecified atom stereocenters. The fourth-order valence-corrected chi connectivity index (χ4v) is 9.41. The number of benzene rings is 2. The van der Waals surface area contributed by atoms with Crippen LogP contribution in [0.2, 0.25) is 18.6 Å².